The first-order valence-electron chi connectivity index (χ1n) is 5.32. The molecule has 0 aliphatic carbocycles. The normalized spacial score (nSPS) is 10.9. The summed E-state index contributed by atoms with van der Waals surface area (Å²) in [5.41, 5.74) is 2.96. The Morgan fingerprint density at radius 3 is 2.59 bits per heavy atom. The Bertz CT molecular complexity index is 688. The topological polar surface area (TPSA) is 47.1 Å². The number of aromatic nitrogens is 2. The molecule has 17 heavy (non-hydrogen) atoms. The summed E-state index contributed by atoms with van der Waals surface area (Å²) < 4.78 is 10.6. The number of methoxy groups -OCH3 is 2. The van der Waals surface area contributed by atoms with Crippen LogP contribution in [0.2, 0.25) is 0 Å². The molecule has 0 unspecified atom stereocenters. The van der Waals surface area contributed by atoms with Crippen molar-refractivity contribution in [1.29, 1.82) is 0 Å². The van der Waals surface area contributed by atoms with Crippen LogP contribution in [0.1, 0.15) is 0 Å². The van der Waals surface area contributed by atoms with E-state index in [1.165, 1.54) is 0 Å². The molecule has 0 atom stereocenters. The number of benzene rings is 1. The largest absolute Gasteiger partial charge is 0.493 e. The highest BCUT2D eigenvalue weighted by Gasteiger charge is 2.10. The lowest BCUT2D eigenvalue weighted by Gasteiger charge is -2.06. The van der Waals surface area contributed by atoms with Crippen molar-refractivity contribution in [3.8, 4) is 11.5 Å². The molecule has 0 aliphatic rings. The molecule has 0 saturated heterocycles. The van der Waals surface area contributed by atoms with Gasteiger partial charge in [0.15, 0.2) is 11.5 Å². The van der Waals surface area contributed by atoms with Gasteiger partial charge >= 0.3 is 0 Å². The van der Waals surface area contributed by atoms with Gasteiger partial charge in [0, 0.05) is 17.6 Å². The van der Waals surface area contributed by atoms with Gasteiger partial charge < -0.3 is 14.5 Å². The predicted octanol–water partition coefficient (Wildman–Crippen LogP) is 2.73. The maximum absolute atomic E-state index is 5.30. The second-order valence-corrected chi connectivity index (χ2v) is 3.78. The summed E-state index contributed by atoms with van der Waals surface area (Å²) in [6.45, 7) is 0. The molecule has 0 bridgehead atoms. The van der Waals surface area contributed by atoms with Crippen LogP contribution in [0.5, 0.6) is 11.5 Å². The minimum atomic E-state index is 0.714. The van der Waals surface area contributed by atoms with Crippen molar-refractivity contribution in [2.24, 2.45) is 0 Å². The number of fused-ring (bicyclic) bond motifs is 3. The molecule has 0 saturated carbocycles. The van der Waals surface area contributed by atoms with Gasteiger partial charge in [0.25, 0.3) is 0 Å². The van der Waals surface area contributed by atoms with E-state index in [0.717, 1.165) is 21.9 Å². The van der Waals surface area contributed by atoms with Crippen molar-refractivity contribution in [2.45, 2.75) is 0 Å². The molecule has 0 amide bonds. The Kier molecular flexibility index (Phi) is 2.14. The number of ether oxygens (including phenoxy) is 2. The fraction of sp³-hybridized carbons (Fsp3) is 0.154. The number of H-pyrrole nitrogens is 1. The van der Waals surface area contributed by atoms with E-state index >= 15 is 0 Å². The monoisotopic (exact) mass is 228 g/mol. The van der Waals surface area contributed by atoms with Crippen LogP contribution in [0.25, 0.3) is 21.9 Å². The molecule has 4 nitrogen and oxygen atoms in total. The zero-order valence-electron chi connectivity index (χ0n) is 9.65. The van der Waals surface area contributed by atoms with Crippen LogP contribution in [0, 0.1) is 0 Å². The Morgan fingerprint density at radius 2 is 1.82 bits per heavy atom. The van der Waals surface area contributed by atoms with E-state index in [2.05, 4.69) is 9.97 Å². The van der Waals surface area contributed by atoms with E-state index in [-0.39, 0.29) is 0 Å². The summed E-state index contributed by atoms with van der Waals surface area (Å²) in [4.78, 5) is 7.68. The minimum absolute atomic E-state index is 0.714. The maximum atomic E-state index is 5.30. The number of nitrogens with zero attached hydrogens (tertiary/aromatic N) is 1. The van der Waals surface area contributed by atoms with Gasteiger partial charge in [-0.15, -0.1) is 0 Å². The minimum Gasteiger partial charge on any atom is -0.493 e. The van der Waals surface area contributed by atoms with Crippen molar-refractivity contribution in [3.63, 3.8) is 0 Å². The molecule has 1 aromatic carbocycles. The lowest BCUT2D eigenvalue weighted by Crippen LogP contribution is -1.89. The van der Waals surface area contributed by atoms with Gasteiger partial charge in [-0.2, -0.15) is 0 Å². The number of hydrogen-bond acceptors (Lipinski definition) is 3. The SMILES string of the molecule is COc1cc2[nH]c3cccnc3c2cc1OC. The van der Waals surface area contributed by atoms with E-state index in [0.29, 0.717) is 11.5 Å². The second kappa shape index (κ2) is 3.66. The average Bonchev–Trinajstić information content (AvgIpc) is 2.74. The molecule has 3 aromatic rings. The van der Waals surface area contributed by atoms with Crippen LogP contribution < -0.4 is 9.47 Å². The highest BCUT2D eigenvalue weighted by atomic mass is 16.5. The van der Waals surface area contributed by atoms with Crippen molar-refractivity contribution in [2.75, 3.05) is 14.2 Å². The fourth-order valence-corrected chi connectivity index (χ4v) is 2.04. The summed E-state index contributed by atoms with van der Waals surface area (Å²) in [7, 11) is 3.26. The Hall–Kier alpha value is -2.23. The Labute approximate surface area is 98.2 Å². The summed E-state index contributed by atoms with van der Waals surface area (Å²) in [6, 6.07) is 7.78. The van der Waals surface area contributed by atoms with E-state index < -0.39 is 0 Å². The van der Waals surface area contributed by atoms with Crippen molar-refractivity contribution >= 4 is 21.9 Å². The summed E-state index contributed by atoms with van der Waals surface area (Å²) >= 11 is 0. The van der Waals surface area contributed by atoms with Crippen LogP contribution in [-0.4, -0.2) is 24.2 Å². The van der Waals surface area contributed by atoms with Crippen molar-refractivity contribution in [3.05, 3.63) is 30.5 Å². The van der Waals surface area contributed by atoms with E-state index in [1.807, 2.05) is 24.3 Å². The van der Waals surface area contributed by atoms with Crippen LogP contribution in [-0.2, 0) is 0 Å². The molecular formula is C13H12N2O2. The molecule has 86 valence electrons. The molecule has 0 radical (unpaired) electrons. The van der Waals surface area contributed by atoms with Gasteiger partial charge in [0.1, 0.15) is 0 Å². The molecule has 2 aromatic heterocycles. The zero-order chi connectivity index (χ0) is 11.8. The molecular weight excluding hydrogens is 216 g/mol. The second-order valence-electron chi connectivity index (χ2n) is 3.78. The first-order valence-corrected chi connectivity index (χ1v) is 5.32. The highest BCUT2D eigenvalue weighted by molar-refractivity contribution is 6.05. The molecule has 0 aliphatic heterocycles. The number of aromatic amines is 1. The maximum Gasteiger partial charge on any atom is 0.162 e. The molecule has 4 heteroatoms. The summed E-state index contributed by atoms with van der Waals surface area (Å²) in [6.07, 6.45) is 1.78. The van der Waals surface area contributed by atoms with Gasteiger partial charge in [-0.1, -0.05) is 0 Å². The smallest absolute Gasteiger partial charge is 0.162 e. The standard InChI is InChI=1S/C13H12N2O2/c1-16-11-6-8-10(7-12(11)17-2)15-9-4-3-5-14-13(8)9/h3-7,15H,1-2H3. The molecule has 0 fully saturated rings. The predicted molar refractivity (Wildman–Crippen MR) is 66.7 cm³/mol. The quantitative estimate of drug-likeness (QED) is 0.733. The van der Waals surface area contributed by atoms with Crippen LogP contribution in [0.4, 0.5) is 0 Å². The number of nitrogens with one attached hydrogen (secondary N) is 1. The van der Waals surface area contributed by atoms with Crippen molar-refractivity contribution < 1.29 is 9.47 Å². The van der Waals surface area contributed by atoms with Gasteiger partial charge in [-0.3, -0.25) is 4.98 Å². The third-order valence-corrected chi connectivity index (χ3v) is 2.86. The third-order valence-electron chi connectivity index (χ3n) is 2.86. The average molecular weight is 228 g/mol. The van der Waals surface area contributed by atoms with E-state index in [9.17, 15) is 0 Å². The van der Waals surface area contributed by atoms with E-state index in [1.54, 1.807) is 20.4 Å². The molecule has 3 rings (SSSR count). The highest BCUT2D eigenvalue weighted by Crippen LogP contribution is 2.34. The van der Waals surface area contributed by atoms with Gasteiger partial charge in [0.05, 0.1) is 30.8 Å². The van der Waals surface area contributed by atoms with Crippen LogP contribution in [0.3, 0.4) is 0 Å². The summed E-state index contributed by atoms with van der Waals surface area (Å²) in [5, 5.41) is 1.04. The lowest BCUT2D eigenvalue weighted by atomic mass is 10.2. The van der Waals surface area contributed by atoms with Gasteiger partial charge in [-0.25, -0.2) is 0 Å². The number of rotatable bonds is 2. The van der Waals surface area contributed by atoms with Gasteiger partial charge in [-0.05, 0) is 18.2 Å². The van der Waals surface area contributed by atoms with Crippen LogP contribution >= 0.6 is 0 Å². The molecule has 2 heterocycles. The first-order chi connectivity index (χ1) is 8.33. The Balaban J connectivity index is 2.41. The van der Waals surface area contributed by atoms with Crippen molar-refractivity contribution in [1.82, 2.24) is 9.97 Å². The fourth-order valence-electron chi connectivity index (χ4n) is 2.04. The summed E-state index contributed by atoms with van der Waals surface area (Å²) in [5.74, 6) is 1.43. The first kappa shape index (κ1) is 9.96. The van der Waals surface area contributed by atoms with E-state index in [4.69, 9.17) is 9.47 Å². The third kappa shape index (κ3) is 1.41. The number of pyridine rings is 1. The van der Waals surface area contributed by atoms with Gasteiger partial charge in [0.2, 0.25) is 0 Å². The molecule has 1 N–H and O–H groups in total. The van der Waals surface area contributed by atoms with Crippen LogP contribution in [0.15, 0.2) is 30.5 Å². The lowest BCUT2D eigenvalue weighted by molar-refractivity contribution is 0.356. The number of hydrogen-bond donors (Lipinski definition) is 1. The molecule has 0 spiro atoms. The zero-order valence-corrected chi connectivity index (χ0v) is 9.65. The Morgan fingerprint density at radius 1 is 1.06 bits per heavy atom.